The lowest BCUT2D eigenvalue weighted by Gasteiger charge is -2.33. The first-order chi connectivity index (χ1) is 11.5. The Labute approximate surface area is 142 Å². The Kier molecular flexibility index (Phi) is 4.69. The molecular weight excluding hydrogens is 306 g/mol. The molecule has 1 atom stereocenters. The van der Waals surface area contributed by atoms with Gasteiger partial charge in [0.15, 0.2) is 5.82 Å². The van der Waals surface area contributed by atoms with E-state index in [1.54, 1.807) is 11.6 Å². The van der Waals surface area contributed by atoms with Crippen molar-refractivity contribution in [2.45, 2.75) is 52.5 Å². The molecule has 1 amide bonds. The van der Waals surface area contributed by atoms with Crippen LogP contribution < -0.4 is 0 Å². The van der Waals surface area contributed by atoms with Gasteiger partial charge < -0.3 is 9.42 Å². The third kappa shape index (κ3) is 3.34. The van der Waals surface area contributed by atoms with E-state index in [4.69, 9.17) is 4.52 Å². The summed E-state index contributed by atoms with van der Waals surface area (Å²) in [6, 6.07) is 1.77. The molecule has 1 aliphatic rings. The Morgan fingerprint density at radius 3 is 2.88 bits per heavy atom. The summed E-state index contributed by atoms with van der Waals surface area (Å²) in [5, 5.41) is 8.36. The lowest BCUT2D eigenvalue weighted by molar-refractivity contribution is 0.0550. The Morgan fingerprint density at radius 2 is 2.21 bits per heavy atom. The monoisotopic (exact) mass is 331 g/mol. The van der Waals surface area contributed by atoms with Crippen molar-refractivity contribution in [1.29, 1.82) is 0 Å². The molecule has 7 heteroatoms. The first-order valence-corrected chi connectivity index (χ1v) is 8.59. The number of hydrogen-bond acceptors (Lipinski definition) is 5. The average molecular weight is 331 g/mol. The maximum absolute atomic E-state index is 13.1. The predicted octanol–water partition coefficient (Wildman–Crippen LogP) is 2.68. The predicted molar refractivity (Wildman–Crippen MR) is 88.4 cm³/mol. The quantitative estimate of drug-likeness (QED) is 0.861. The number of carbonyl (C=O) groups excluding carboxylic acids is 1. The molecule has 1 unspecified atom stereocenters. The summed E-state index contributed by atoms with van der Waals surface area (Å²) < 4.78 is 7.02. The number of nitrogens with zero attached hydrogens (tertiary/aromatic N) is 5. The summed E-state index contributed by atoms with van der Waals surface area (Å²) in [6.45, 7) is 6.79. The number of carbonyl (C=O) groups is 1. The van der Waals surface area contributed by atoms with E-state index >= 15 is 0 Å². The summed E-state index contributed by atoms with van der Waals surface area (Å²) in [6.07, 6.45) is 3.77. The molecular formula is C17H25N5O2. The normalized spacial score (nSPS) is 18.4. The topological polar surface area (TPSA) is 77.0 Å². The molecule has 1 fully saturated rings. The van der Waals surface area contributed by atoms with Gasteiger partial charge in [-0.3, -0.25) is 9.48 Å². The van der Waals surface area contributed by atoms with Crippen LogP contribution in [0.15, 0.2) is 10.6 Å². The molecule has 3 rings (SSSR count). The van der Waals surface area contributed by atoms with Crippen LogP contribution in [-0.4, -0.2) is 37.3 Å². The summed E-state index contributed by atoms with van der Waals surface area (Å²) in [5.74, 6) is 1.63. The van der Waals surface area contributed by atoms with Gasteiger partial charge in [0.05, 0.1) is 5.69 Å². The molecule has 0 radical (unpaired) electrons. The van der Waals surface area contributed by atoms with Crippen LogP contribution in [0.3, 0.4) is 0 Å². The zero-order valence-corrected chi connectivity index (χ0v) is 14.8. The second-order valence-corrected chi connectivity index (χ2v) is 6.93. The minimum Gasteiger partial charge on any atom is -0.337 e. The fraction of sp³-hybridized carbons (Fsp3) is 0.647. The molecule has 2 aromatic heterocycles. The lowest BCUT2D eigenvalue weighted by Crippen LogP contribution is -2.39. The minimum absolute atomic E-state index is 0.0134. The van der Waals surface area contributed by atoms with E-state index in [2.05, 4.69) is 29.1 Å². The Morgan fingerprint density at radius 1 is 1.42 bits per heavy atom. The summed E-state index contributed by atoms with van der Waals surface area (Å²) in [5.41, 5.74) is 1.58. The highest BCUT2D eigenvalue weighted by molar-refractivity contribution is 5.93. The van der Waals surface area contributed by atoms with E-state index in [1.165, 1.54) is 0 Å². The van der Waals surface area contributed by atoms with Crippen molar-refractivity contribution in [3.8, 4) is 0 Å². The molecule has 3 heterocycles. The molecule has 2 aromatic rings. The third-order valence-electron chi connectivity index (χ3n) is 4.36. The summed E-state index contributed by atoms with van der Waals surface area (Å²) in [4.78, 5) is 19.3. The first kappa shape index (κ1) is 16.7. The smallest absolute Gasteiger partial charge is 0.272 e. The molecule has 7 nitrogen and oxygen atoms in total. The van der Waals surface area contributed by atoms with Crippen LogP contribution in [0.1, 0.15) is 67.0 Å². The van der Waals surface area contributed by atoms with Crippen LogP contribution in [0.4, 0.5) is 0 Å². The highest BCUT2D eigenvalue weighted by atomic mass is 16.5. The van der Waals surface area contributed by atoms with E-state index < -0.39 is 0 Å². The molecule has 24 heavy (non-hydrogen) atoms. The van der Waals surface area contributed by atoms with E-state index in [-0.39, 0.29) is 11.9 Å². The van der Waals surface area contributed by atoms with Gasteiger partial charge >= 0.3 is 0 Å². The van der Waals surface area contributed by atoms with Crippen molar-refractivity contribution in [3.63, 3.8) is 0 Å². The zero-order valence-electron chi connectivity index (χ0n) is 14.8. The molecule has 0 aliphatic carbocycles. The number of piperidine rings is 1. The number of likely N-dealkylation sites (tertiary alicyclic amines) is 1. The fourth-order valence-electron chi connectivity index (χ4n) is 3.27. The fourth-order valence-corrected chi connectivity index (χ4v) is 3.27. The third-order valence-corrected chi connectivity index (χ3v) is 4.36. The van der Waals surface area contributed by atoms with Gasteiger partial charge in [-0.15, -0.1) is 0 Å². The molecule has 1 aliphatic heterocycles. The molecule has 0 spiro atoms. The second-order valence-electron chi connectivity index (χ2n) is 6.93. The van der Waals surface area contributed by atoms with Crippen LogP contribution in [0.5, 0.6) is 0 Å². The maximum Gasteiger partial charge on any atom is 0.272 e. The summed E-state index contributed by atoms with van der Waals surface area (Å²) in [7, 11) is 1.83. The zero-order chi connectivity index (χ0) is 17.3. The Hall–Kier alpha value is -2.18. The molecule has 0 N–H and O–H groups in total. The number of rotatable bonds is 4. The van der Waals surface area contributed by atoms with Crippen molar-refractivity contribution < 1.29 is 9.32 Å². The van der Waals surface area contributed by atoms with Crippen LogP contribution >= 0.6 is 0 Å². The molecule has 0 saturated carbocycles. The van der Waals surface area contributed by atoms with Gasteiger partial charge in [0, 0.05) is 13.6 Å². The van der Waals surface area contributed by atoms with Crippen LogP contribution in [0.2, 0.25) is 0 Å². The Bertz CT molecular complexity index is 718. The first-order valence-electron chi connectivity index (χ1n) is 8.59. The standard InChI is InChI=1S/C17H25N5O2/c1-11(2)9-13-10-15(21(4)19-13)17(23)22-8-6-5-7-14(22)16-18-12(3)20-24-16/h10-11,14H,5-9H2,1-4H3. The van der Waals surface area contributed by atoms with Gasteiger partial charge in [0.2, 0.25) is 5.89 Å². The second kappa shape index (κ2) is 6.75. The van der Waals surface area contributed by atoms with Gasteiger partial charge in [0.1, 0.15) is 11.7 Å². The number of amides is 1. The van der Waals surface area contributed by atoms with Gasteiger partial charge in [-0.25, -0.2) is 0 Å². The SMILES string of the molecule is Cc1noc(C2CCCCN2C(=O)c2cc(CC(C)C)nn2C)n1. The van der Waals surface area contributed by atoms with Crippen molar-refractivity contribution in [2.24, 2.45) is 13.0 Å². The van der Waals surface area contributed by atoms with Crippen LogP contribution in [-0.2, 0) is 13.5 Å². The van der Waals surface area contributed by atoms with E-state index in [9.17, 15) is 4.79 Å². The molecule has 130 valence electrons. The van der Waals surface area contributed by atoms with E-state index in [1.807, 2.05) is 18.0 Å². The lowest BCUT2D eigenvalue weighted by atomic mass is 10.0. The van der Waals surface area contributed by atoms with Crippen LogP contribution in [0, 0.1) is 12.8 Å². The van der Waals surface area contributed by atoms with Crippen molar-refractivity contribution >= 4 is 5.91 Å². The maximum atomic E-state index is 13.1. The van der Waals surface area contributed by atoms with Crippen molar-refractivity contribution in [2.75, 3.05) is 6.54 Å². The highest BCUT2D eigenvalue weighted by Gasteiger charge is 2.33. The molecule has 0 aromatic carbocycles. The van der Waals surface area contributed by atoms with E-state index in [0.29, 0.717) is 29.9 Å². The molecule has 1 saturated heterocycles. The number of hydrogen-bond donors (Lipinski definition) is 0. The largest absolute Gasteiger partial charge is 0.337 e. The van der Waals surface area contributed by atoms with Gasteiger partial charge in [-0.2, -0.15) is 10.1 Å². The van der Waals surface area contributed by atoms with Crippen molar-refractivity contribution in [1.82, 2.24) is 24.8 Å². The van der Waals surface area contributed by atoms with Gasteiger partial charge in [-0.05, 0) is 44.6 Å². The van der Waals surface area contributed by atoms with Gasteiger partial charge in [-0.1, -0.05) is 19.0 Å². The molecule has 0 bridgehead atoms. The van der Waals surface area contributed by atoms with Gasteiger partial charge in [0.25, 0.3) is 5.91 Å². The number of aryl methyl sites for hydroxylation is 2. The number of aromatic nitrogens is 4. The highest BCUT2D eigenvalue weighted by Crippen LogP contribution is 2.31. The summed E-state index contributed by atoms with van der Waals surface area (Å²) >= 11 is 0. The van der Waals surface area contributed by atoms with Crippen LogP contribution in [0.25, 0.3) is 0 Å². The van der Waals surface area contributed by atoms with Crippen molar-refractivity contribution in [3.05, 3.63) is 29.2 Å². The van der Waals surface area contributed by atoms with E-state index in [0.717, 1.165) is 31.4 Å². The minimum atomic E-state index is -0.143. The Balaban J connectivity index is 1.85. The average Bonchev–Trinajstić information content (AvgIpc) is 3.12.